The van der Waals surface area contributed by atoms with Crippen LogP contribution in [0.15, 0.2) is 12.1 Å². The molecule has 1 N–H and O–H groups in total. The molecule has 8 heteroatoms. The van der Waals surface area contributed by atoms with E-state index in [2.05, 4.69) is 15.5 Å². The first kappa shape index (κ1) is 16.7. The summed E-state index contributed by atoms with van der Waals surface area (Å²) in [7, 11) is -1.12. The molecular formula is C14H22N4O3S. The van der Waals surface area contributed by atoms with Crippen molar-refractivity contribution < 1.29 is 13.2 Å². The summed E-state index contributed by atoms with van der Waals surface area (Å²) in [4.78, 5) is 13.5. The number of nitrogens with one attached hydrogen (secondary N) is 1. The van der Waals surface area contributed by atoms with Crippen LogP contribution in [-0.2, 0) is 14.6 Å². The Bertz CT molecular complexity index is 628. The number of amides is 1. The molecule has 0 bridgehead atoms. The molecule has 122 valence electrons. The van der Waals surface area contributed by atoms with E-state index in [9.17, 15) is 13.2 Å². The van der Waals surface area contributed by atoms with Crippen LogP contribution in [0.2, 0.25) is 0 Å². The fourth-order valence-electron chi connectivity index (χ4n) is 2.41. The number of sulfone groups is 1. The van der Waals surface area contributed by atoms with Crippen LogP contribution >= 0.6 is 0 Å². The summed E-state index contributed by atoms with van der Waals surface area (Å²) in [6.45, 7) is 3.94. The lowest BCUT2D eigenvalue weighted by Gasteiger charge is -2.23. The SMILES string of the molecule is CC(C)CC(=O)Nc1ccc(N(C)C2CCS(=O)(=O)C2)nn1. The molecule has 1 saturated heterocycles. The van der Waals surface area contributed by atoms with E-state index in [4.69, 9.17) is 0 Å². The third kappa shape index (κ3) is 4.40. The maximum Gasteiger partial charge on any atom is 0.225 e. The topological polar surface area (TPSA) is 92.3 Å². The lowest BCUT2D eigenvalue weighted by Crippen LogP contribution is -2.33. The van der Waals surface area contributed by atoms with Crippen LogP contribution in [0.25, 0.3) is 0 Å². The van der Waals surface area contributed by atoms with Crippen molar-refractivity contribution >= 4 is 27.4 Å². The average Bonchev–Trinajstić information content (AvgIpc) is 2.78. The Balaban J connectivity index is 1.98. The highest BCUT2D eigenvalue weighted by Crippen LogP contribution is 2.21. The molecule has 1 fully saturated rings. The van der Waals surface area contributed by atoms with Gasteiger partial charge in [0.05, 0.1) is 11.5 Å². The van der Waals surface area contributed by atoms with Crippen LogP contribution in [0.4, 0.5) is 11.6 Å². The number of carbonyl (C=O) groups is 1. The van der Waals surface area contributed by atoms with E-state index in [1.54, 1.807) is 12.1 Å². The van der Waals surface area contributed by atoms with E-state index in [1.807, 2.05) is 25.8 Å². The second kappa shape index (κ2) is 6.60. The highest BCUT2D eigenvalue weighted by molar-refractivity contribution is 7.91. The van der Waals surface area contributed by atoms with Crippen molar-refractivity contribution in [2.24, 2.45) is 5.92 Å². The molecular weight excluding hydrogens is 304 g/mol. The van der Waals surface area contributed by atoms with Gasteiger partial charge in [-0.3, -0.25) is 4.79 Å². The van der Waals surface area contributed by atoms with E-state index in [0.717, 1.165) is 0 Å². The molecule has 1 aromatic rings. The molecule has 1 aliphatic rings. The fourth-order valence-corrected chi connectivity index (χ4v) is 4.19. The van der Waals surface area contributed by atoms with Crippen LogP contribution in [-0.4, -0.2) is 49.1 Å². The summed E-state index contributed by atoms with van der Waals surface area (Å²) in [5.74, 6) is 1.57. The van der Waals surface area contributed by atoms with Gasteiger partial charge in [0.2, 0.25) is 5.91 Å². The van der Waals surface area contributed by atoms with E-state index >= 15 is 0 Å². The molecule has 0 saturated carbocycles. The number of carbonyl (C=O) groups excluding carboxylic acids is 1. The summed E-state index contributed by atoms with van der Waals surface area (Å²) in [5.41, 5.74) is 0. The highest BCUT2D eigenvalue weighted by Gasteiger charge is 2.31. The van der Waals surface area contributed by atoms with Crippen LogP contribution < -0.4 is 10.2 Å². The predicted molar refractivity (Wildman–Crippen MR) is 85.6 cm³/mol. The molecule has 1 amide bonds. The van der Waals surface area contributed by atoms with Gasteiger partial charge in [0, 0.05) is 19.5 Å². The smallest absolute Gasteiger partial charge is 0.225 e. The molecule has 0 radical (unpaired) electrons. The quantitative estimate of drug-likeness (QED) is 0.870. The Morgan fingerprint density at radius 3 is 2.64 bits per heavy atom. The lowest BCUT2D eigenvalue weighted by atomic mass is 10.1. The van der Waals surface area contributed by atoms with Gasteiger partial charge in [0.1, 0.15) is 0 Å². The summed E-state index contributed by atoms with van der Waals surface area (Å²) in [6, 6.07) is 3.35. The third-order valence-electron chi connectivity index (χ3n) is 3.63. The van der Waals surface area contributed by atoms with Gasteiger partial charge in [-0.15, -0.1) is 10.2 Å². The van der Waals surface area contributed by atoms with Crippen molar-refractivity contribution in [2.75, 3.05) is 28.8 Å². The van der Waals surface area contributed by atoms with Crippen molar-refractivity contribution in [1.29, 1.82) is 0 Å². The molecule has 0 aromatic carbocycles. The van der Waals surface area contributed by atoms with Crippen LogP contribution in [0.3, 0.4) is 0 Å². The van der Waals surface area contributed by atoms with Gasteiger partial charge < -0.3 is 10.2 Å². The second-order valence-electron chi connectivity index (χ2n) is 6.09. The van der Waals surface area contributed by atoms with Crippen LogP contribution in [0.1, 0.15) is 26.7 Å². The zero-order valence-electron chi connectivity index (χ0n) is 13.1. The minimum absolute atomic E-state index is 0.0688. The normalized spacial score (nSPS) is 20.1. The first-order valence-electron chi connectivity index (χ1n) is 7.33. The summed E-state index contributed by atoms with van der Waals surface area (Å²) in [6.07, 6.45) is 1.04. The number of hydrogen-bond acceptors (Lipinski definition) is 6. The van der Waals surface area contributed by atoms with Crippen molar-refractivity contribution in [3.8, 4) is 0 Å². The molecule has 2 heterocycles. The monoisotopic (exact) mass is 326 g/mol. The molecule has 22 heavy (non-hydrogen) atoms. The molecule has 0 aliphatic carbocycles. The Morgan fingerprint density at radius 1 is 1.41 bits per heavy atom. The highest BCUT2D eigenvalue weighted by atomic mass is 32.2. The van der Waals surface area contributed by atoms with Gasteiger partial charge in [-0.1, -0.05) is 13.8 Å². The van der Waals surface area contributed by atoms with E-state index < -0.39 is 9.84 Å². The van der Waals surface area contributed by atoms with Crippen molar-refractivity contribution in [3.63, 3.8) is 0 Å². The lowest BCUT2D eigenvalue weighted by molar-refractivity contribution is -0.116. The van der Waals surface area contributed by atoms with Crippen LogP contribution in [0, 0.1) is 5.92 Å². The van der Waals surface area contributed by atoms with E-state index in [0.29, 0.717) is 24.5 Å². The number of rotatable bonds is 5. The Labute approximate surface area is 131 Å². The summed E-state index contributed by atoms with van der Waals surface area (Å²) >= 11 is 0. The van der Waals surface area contributed by atoms with Crippen molar-refractivity contribution in [3.05, 3.63) is 12.1 Å². The van der Waals surface area contributed by atoms with Gasteiger partial charge in [0.15, 0.2) is 21.5 Å². The Hall–Kier alpha value is -1.70. The standard InChI is InChI=1S/C14H22N4O3S/c1-10(2)8-14(19)15-12-4-5-13(17-16-12)18(3)11-6-7-22(20,21)9-11/h4-5,10-11H,6-9H2,1-3H3,(H,15,16,19). The minimum Gasteiger partial charge on any atom is -0.354 e. The van der Waals surface area contributed by atoms with Crippen LogP contribution in [0.5, 0.6) is 0 Å². The average molecular weight is 326 g/mol. The predicted octanol–water partition coefficient (Wildman–Crippen LogP) is 1.08. The fraction of sp³-hybridized carbons (Fsp3) is 0.643. The second-order valence-corrected chi connectivity index (χ2v) is 8.32. The van der Waals surface area contributed by atoms with Crippen molar-refractivity contribution in [2.45, 2.75) is 32.7 Å². The number of hydrogen-bond donors (Lipinski definition) is 1. The maximum absolute atomic E-state index is 11.7. The van der Waals surface area contributed by atoms with Crippen molar-refractivity contribution in [1.82, 2.24) is 10.2 Å². The number of nitrogens with zero attached hydrogens (tertiary/aromatic N) is 3. The summed E-state index contributed by atoms with van der Waals surface area (Å²) in [5, 5.41) is 10.7. The van der Waals surface area contributed by atoms with Gasteiger partial charge in [-0.25, -0.2) is 8.42 Å². The molecule has 2 rings (SSSR count). The zero-order valence-corrected chi connectivity index (χ0v) is 13.9. The molecule has 1 atom stereocenters. The largest absolute Gasteiger partial charge is 0.354 e. The third-order valence-corrected chi connectivity index (χ3v) is 5.38. The number of aromatic nitrogens is 2. The van der Waals surface area contributed by atoms with Gasteiger partial charge in [-0.2, -0.15) is 0 Å². The first-order chi connectivity index (χ1) is 10.3. The molecule has 7 nitrogen and oxygen atoms in total. The minimum atomic E-state index is -2.93. The first-order valence-corrected chi connectivity index (χ1v) is 9.16. The van der Waals surface area contributed by atoms with Gasteiger partial charge in [-0.05, 0) is 24.5 Å². The van der Waals surface area contributed by atoms with Gasteiger partial charge >= 0.3 is 0 Å². The molecule has 1 aromatic heterocycles. The summed E-state index contributed by atoms with van der Waals surface area (Å²) < 4.78 is 23.1. The Morgan fingerprint density at radius 2 is 2.14 bits per heavy atom. The van der Waals surface area contributed by atoms with E-state index in [-0.39, 0.29) is 29.4 Å². The maximum atomic E-state index is 11.7. The number of anilines is 2. The molecule has 0 spiro atoms. The van der Waals surface area contributed by atoms with Gasteiger partial charge in [0.25, 0.3) is 0 Å². The van der Waals surface area contributed by atoms with E-state index in [1.165, 1.54) is 0 Å². The zero-order chi connectivity index (χ0) is 16.3. The Kier molecular flexibility index (Phi) is 5.00. The molecule has 1 aliphatic heterocycles. The molecule has 1 unspecified atom stereocenters.